The van der Waals surface area contributed by atoms with Gasteiger partial charge in [0.15, 0.2) is 6.61 Å². The molecular weight excluding hydrogens is 366 g/mol. The highest BCUT2D eigenvalue weighted by Crippen LogP contribution is 2.17. The van der Waals surface area contributed by atoms with Crippen molar-refractivity contribution in [1.82, 2.24) is 15.0 Å². The second-order valence-electron chi connectivity index (χ2n) is 5.68. The van der Waals surface area contributed by atoms with Crippen LogP contribution in [-0.4, -0.2) is 34.1 Å². The van der Waals surface area contributed by atoms with Crippen molar-refractivity contribution in [2.24, 2.45) is 0 Å². The summed E-state index contributed by atoms with van der Waals surface area (Å²) in [5, 5.41) is 4.57. The Balaban J connectivity index is 1.63. The van der Waals surface area contributed by atoms with Crippen LogP contribution in [0.3, 0.4) is 0 Å². The van der Waals surface area contributed by atoms with Crippen LogP contribution >= 0.6 is 11.6 Å². The summed E-state index contributed by atoms with van der Waals surface area (Å²) in [6, 6.07) is 16.3. The summed E-state index contributed by atoms with van der Waals surface area (Å²) in [5.41, 5.74) is 0.847. The normalized spacial score (nSPS) is 10.4. The van der Waals surface area contributed by atoms with Crippen LogP contribution in [0.2, 0.25) is 5.02 Å². The lowest BCUT2D eigenvalue weighted by molar-refractivity contribution is -0.133. The Hall–Kier alpha value is -3.12. The molecule has 3 aromatic rings. The summed E-state index contributed by atoms with van der Waals surface area (Å²) in [5.74, 6) is 1.17. The van der Waals surface area contributed by atoms with E-state index in [2.05, 4.69) is 16.7 Å². The molecule has 0 saturated heterocycles. The van der Waals surface area contributed by atoms with Gasteiger partial charge in [-0.05, 0) is 24.3 Å². The molecule has 2 aromatic carbocycles. The van der Waals surface area contributed by atoms with Crippen molar-refractivity contribution in [3.8, 4) is 17.1 Å². The average molecular weight is 384 g/mol. The van der Waals surface area contributed by atoms with Crippen molar-refractivity contribution in [2.45, 2.75) is 6.54 Å². The van der Waals surface area contributed by atoms with Crippen LogP contribution in [0.25, 0.3) is 11.4 Å². The minimum Gasteiger partial charge on any atom is -0.484 e. The molecule has 0 radical (unpaired) electrons. The standard InChI is InChI=1S/C20H18ClN3O3/c1-2-12-24(19(25)14-26-17-10-8-16(21)9-11-17)13-18-22-20(23-27-18)15-6-4-3-5-7-15/h2-11H,1,12-14H2. The van der Waals surface area contributed by atoms with Gasteiger partial charge in [0.25, 0.3) is 5.91 Å². The first kappa shape index (κ1) is 18.7. The topological polar surface area (TPSA) is 68.5 Å². The van der Waals surface area contributed by atoms with E-state index in [1.165, 1.54) is 4.90 Å². The zero-order valence-electron chi connectivity index (χ0n) is 14.5. The molecule has 0 N–H and O–H groups in total. The van der Waals surface area contributed by atoms with Gasteiger partial charge < -0.3 is 14.2 Å². The minimum absolute atomic E-state index is 0.116. The number of amides is 1. The van der Waals surface area contributed by atoms with Gasteiger partial charge in [0, 0.05) is 17.1 Å². The van der Waals surface area contributed by atoms with Crippen LogP contribution in [0.1, 0.15) is 5.89 Å². The van der Waals surface area contributed by atoms with Crippen molar-refractivity contribution in [3.05, 3.63) is 78.2 Å². The second kappa shape index (κ2) is 9.00. The third-order valence-corrected chi connectivity index (χ3v) is 3.96. The molecule has 0 bridgehead atoms. The maximum absolute atomic E-state index is 12.5. The number of nitrogens with zero attached hydrogens (tertiary/aromatic N) is 3. The molecule has 0 fully saturated rings. The first-order valence-electron chi connectivity index (χ1n) is 8.31. The zero-order valence-corrected chi connectivity index (χ0v) is 15.3. The van der Waals surface area contributed by atoms with E-state index in [0.29, 0.717) is 29.0 Å². The predicted molar refractivity (Wildman–Crippen MR) is 102 cm³/mol. The second-order valence-corrected chi connectivity index (χ2v) is 6.12. The van der Waals surface area contributed by atoms with Gasteiger partial charge >= 0.3 is 0 Å². The fourth-order valence-electron chi connectivity index (χ4n) is 2.36. The summed E-state index contributed by atoms with van der Waals surface area (Å²) in [6.45, 7) is 4.09. The largest absolute Gasteiger partial charge is 0.484 e. The summed E-state index contributed by atoms with van der Waals surface area (Å²) < 4.78 is 10.8. The highest BCUT2D eigenvalue weighted by atomic mass is 35.5. The number of hydrogen-bond donors (Lipinski definition) is 0. The summed E-state index contributed by atoms with van der Waals surface area (Å²) >= 11 is 5.84. The number of benzene rings is 2. The third-order valence-electron chi connectivity index (χ3n) is 3.70. The fraction of sp³-hybridized carbons (Fsp3) is 0.150. The summed E-state index contributed by atoms with van der Waals surface area (Å²) in [6.07, 6.45) is 1.63. The quantitative estimate of drug-likeness (QED) is 0.550. The molecule has 3 rings (SSSR count). The number of ether oxygens (including phenoxy) is 1. The SMILES string of the molecule is C=CCN(Cc1nc(-c2ccccc2)no1)C(=O)COc1ccc(Cl)cc1. The number of carbonyl (C=O) groups is 1. The van der Waals surface area contributed by atoms with Gasteiger partial charge in [0.2, 0.25) is 11.7 Å². The number of rotatable bonds is 8. The van der Waals surface area contributed by atoms with Gasteiger partial charge in [-0.25, -0.2) is 0 Å². The number of hydrogen-bond acceptors (Lipinski definition) is 5. The number of halogens is 1. The maximum atomic E-state index is 12.5. The van der Waals surface area contributed by atoms with Gasteiger partial charge in [-0.3, -0.25) is 4.79 Å². The number of carbonyl (C=O) groups excluding carboxylic acids is 1. The third kappa shape index (κ3) is 5.18. The molecule has 0 spiro atoms. The lowest BCUT2D eigenvalue weighted by atomic mass is 10.2. The van der Waals surface area contributed by atoms with Crippen LogP contribution < -0.4 is 4.74 Å². The molecule has 0 aliphatic heterocycles. The Morgan fingerprint density at radius 1 is 1.19 bits per heavy atom. The molecule has 0 atom stereocenters. The van der Waals surface area contributed by atoms with Crippen LogP contribution in [-0.2, 0) is 11.3 Å². The molecule has 0 aliphatic rings. The Morgan fingerprint density at radius 2 is 1.93 bits per heavy atom. The zero-order chi connectivity index (χ0) is 19.1. The maximum Gasteiger partial charge on any atom is 0.261 e. The van der Waals surface area contributed by atoms with E-state index in [4.69, 9.17) is 20.9 Å². The van der Waals surface area contributed by atoms with Gasteiger partial charge in [0.05, 0.1) is 0 Å². The van der Waals surface area contributed by atoms with Crippen molar-refractivity contribution >= 4 is 17.5 Å². The molecule has 0 saturated carbocycles. The van der Waals surface area contributed by atoms with Crippen LogP contribution in [0, 0.1) is 0 Å². The Labute approximate surface area is 162 Å². The Morgan fingerprint density at radius 3 is 2.63 bits per heavy atom. The van der Waals surface area contributed by atoms with E-state index in [0.717, 1.165) is 5.56 Å². The van der Waals surface area contributed by atoms with Gasteiger partial charge in [-0.1, -0.05) is 53.2 Å². The lowest BCUT2D eigenvalue weighted by Crippen LogP contribution is -2.34. The van der Waals surface area contributed by atoms with Gasteiger partial charge in [-0.15, -0.1) is 6.58 Å². The molecule has 1 heterocycles. The van der Waals surface area contributed by atoms with E-state index in [9.17, 15) is 4.79 Å². The molecule has 27 heavy (non-hydrogen) atoms. The molecule has 0 unspecified atom stereocenters. The molecule has 6 nitrogen and oxygen atoms in total. The highest BCUT2D eigenvalue weighted by Gasteiger charge is 2.18. The smallest absolute Gasteiger partial charge is 0.261 e. The molecule has 7 heteroatoms. The van der Waals surface area contributed by atoms with E-state index in [-0.39, 0.29) is 19.1 Å². The highest BCUT2D eigenvalue weighted by molar-refractivity contribution is 6.30. The molecule has 1 aromatic heterocycles. The predicted octanol–water partition coefficient (Wildman–Crippen LogP) is 3.98. The lowest BCUT2D eigenvalue weighted by Gasteiger charge is -2.19. The van der Waals surface area contributed by atoms with Crippen LogP contribution in [0.15, 0.2) is 71.8 Å². The minimum atomic E-state index is -0.218. The van der Waals surface area contributed by atoms with Crippen molar-refractivity contribution in [1.29, 1.82) is 0 Å². The first-order chi connectivity index (χ1) is 13.2. The van der Waals surface area contributed by atoms with Gasteiger partial charge in [0.1, 0.15) is 12.3 Å². The Kier molecular flexibility index (Phi) is 6.22. The van der Waals surface area contributed by atoms with E-state index < -0.39 is 0 Å². The van der Waals surface area contributed by atoms with Crippen molar-refractivity contribution < 1.29 is 14.1 Å². The molecule has 0 aliphatic carbocycles. The summed E-state index contributed by atoms with van der Waals surface area (Å²) in [7, 11) is 0. The van der Waals surface area contributed by atoms with E-state index in [1.54, 1.807) is 30.3 Å². The fourth-order valence-corrected chi connectivity index (χ4v) is 2.49. The summed E-state index contributed by atoms with van der Waals surface area (Å²) in [4.78, 5) is 18.4. The van der Waals surface area contributed by atoms with Crippen LogP contribution in [0.4, 0.5) is 0 Å². The van der Waals surface area contributed by atoms with Crippen molar-refractivity contribution in [3.63, 3.8) is 0 Å². The van der Waals surface area contributed by atoms with Crippen molar-refractivity contribution in [2.75, 3.05) is 13.2 Å². The Bertz CT molecular complexity index is 894. The molecular formula is C20H18ClN3O3. The number of aromatic nitrogens is 2. The first-order valence-corrected chi connectivity index (χ1v) is 8.68. The molecule has 138 valence electrons. The average Bonchev–Trinajstić information content (AvgIpc) is 3.16. The van der Waals surface area contributed by atoms with Gasteiger partial charge in [-0.2, -0.15) is 4.98 Å². The van der Waals surface area contributed by atoms with E-state index >= 15 is 0 Å². The monoisotopic (exact) mass is 383 g/mol. The molecule has 1 amide bonds. The van der Waals surface area contributed by atoms with Crippen LogP contribution in [0.5, 0.6) is 5.75 Å². The van der Waals surface area contributed by atoms with E-state index in [1.807, 2.05) is 30.3 Å².